The van der Waals surface area contributed by atoms with Gasteiger partial charge in [-0.1, -0.05) is 18.2 Å². The first-order chi connectivity index (χ1) is 11.3. The van der Waals surface area contributed by atoms with Crippen LogP contribution in [0.4, 0.5) is 0 Å². The second kappa shape index (κ2) is 7.32. The minimum atomic E-state index is 0. The highest BCUT2D eigenvalue weighted by Crippen LogP contribution is 2.22. The third-order valence-electron chi connectivity index (χ3n) is 4.86. The molecule has 1 aromatic carbocycles. The molecule has 2 aliphatic rings. The van der Waals surface area contributed by atoms with Crippen molar-refractivity contribution < 1.29 is 4.79 Å². The molecule has 7 heteroatoms. The molecule has 24 heavy (non-hydrogen) atoms. The monoisotopic (exact) mass is 347 g/mol. The Kier molecular flexibility index (Phi) is 5.16. The smallest absolute Gasteiger partial charge is 0.254 e. The molecule has 0 saturated carbocycles. The third-order valence-corrected chi connectivity index (χ3v) is 4.86. The van der Waals surface area contributed by atoms with Gasteiger partial charge in [0, 0.05) is 30.7 Å². The number of halogens is 1. The molecule has 2 atom stereocenters. The fraction of sp³-hybridized carbons (Fsp3) is 0.471. The zero-order valence-corrected chi connectivity index (χ0v) is 14.3. The van der Waals surface area contributed by atoms with Gasteiger partial charge in [0.05, 0.1) is 6.54 Å². The van der Waals surface area contributed by atoms with Gasteiger partial charge in [0.2, 0.25) is 0 Å². The van der Waals surface area contributed by atoms with Crippen LogP contribution in [0.15, 0.2) is 36.9 Å². The number of benzene rings is 1. The SMILES string of the molecule is Cl.O=C(c1ccccc1Cn1cncn1)N1CCC2CCC(C1)N2. The summed E-state index contributed by atoms with van der Waals surface area (Å²) in [6, 6.07) is 8.86. The van der Waals surface area contributed by atoms with Crippen LogP contribution in [0.5, 0.6) is 0 Å². The van der Waals surface area contributed by atoms with Crippen LogP contribution in [-0.2, 0) is 6.54 Å². The summed E-state index contributed by atoms with van der Waals surface area (Å²) in [6.45, 7) is 2.22. The zero-order valence-electron chi connectivity index (χ0n) is 13.5. The number of likely N-dealkylation sites (tertiary alicyclic amines) is 1. The van der Waals surface area contributed by atoms with E-state index in [-0.39, 0.29) is 18.3 Å². The van der Waals surface area contributed by atoms with Gasteiger partial charge in [0.1, 0.15) is 12.7 Å². The molecular weight excluding hydrogens is 326 g/mol. The molecule has 2 saturated heterocycles. The van der Waals surface area contributed by atoms with Gasteiger partial charge in [-0.2, -0.15) is 5.10 Å². The van der Waals surface area contributed by atoms with Crippen molar-refractivity contribution in [1.29, 1.82) is 0 Å². The lowest BCUT2D eigenvalue weighted by Crippen LogP contribution is -2.39. The fourth-order valence-corrected chi connectivity index (χ4v) is 3.65. The molecule has 1 N–H and O–H groups in total. The van der Waals surface area contributed by atoms with Crippen molar-refractivity contribution >= 4 is 18.3 Å². The van der Waals surface area contributed by atoms with Gasteiger partial charge in [-0.15, -0.1) is 12.4 Å². The normalized spacial score (nSPS) is 22.8. The number of carbonyl (C=O) groups is 1. The Morgan fingerprint density at radius 2 is 2.04 bits per heavy atom. The highest BCUT2D eigenvalue weighted by atomic mass is 35.5. The Morgan fingerprint density at radius 1 is 1.21 bits per heavy atom. The van der Waals surface area contributed by atoms with Crippen LogP contribution < -0.4 is 5.32 Å². The Labute approximate surface area is 147 Å². The predicted octanol–water partition coefficient (Wildman–Crippen LogP) is 1.71. The molecule has 1 amide bonds. The lowest BCUT2D eigenvalue weighted by Gasteiger charge is -2.25. The number of aromatic nitrogens is 3. The van der Waals surface area contributed by atoms with Gasteiger partial charge in [-0.3, -0.25) is 4.79 Å². The van der Waals surface area contributed by atoms with Crippen LogP contribution in [0.25, 0.3) is 0 Å². The van der Waals surface area contributed by atoms with Crippen LogP contribution in [0, 0.1) is 0 Å². The minimum absolute atomic E-state index is 0. The van der Waals surface area contributed by atoms with Crippen molar-refractivity contribution in [3.05, 3.63) is 48.0 Å². The molecule has 0 spiro atoms. The minimum Gasteiger partial charge on any atom is -0.337 e. The van der Waals surface area contributed by atoms with Crippen molar-refractivity contribution in [3.8, 4) is 0 Å². The lowest BCUT2D eigenvalue weighted by molar-refractivity contribution is 0.0747. The van der Waals surface area contributed by atoms with E-state index >= 15 is 0 Å². The van der Waals surface area contributed by atoms with Crippen molar-refractivity contribution in [3.63, 3.8) is 0 Å². The van der Waals surface area contributed by atoms with E-state index in [9.17, 15) is 4.79 Å². The van der Waals surface area contributed by atoms with E-state index < -0.39 is 0 Å². The van der Waals surface area contributed by atoms with E-state index in [4.69, 9.17) is 0 Å². The van der Waals surface area contributed by atoms with E-state index in [0.29, 0.717) is 18.6 Å². The first kappa shape index (κ1) is 16.9. The highest BCUT2D eigenvalue weighted by Gasteiger charge is 2.31. The zero-order chi connectivity index (χ0) is 15.6. The van der Waals surface area contributed by atoms with Crippen LogP contribution in [-0.4, -0.2) is 50.7 Å². The number of amides is 1. The van der Waals surface area contributed by atoms with Gasteiger partial charge < -0.3 is 10.2 Å². The maximum absolute atomic E-state index is 13.0. The van der Waals surface area contributed by atoms with Crippen LogP contribution >= 0.6 is 12.4 Å². The molecule has 2 unspecified atom stereocenters. The largest absolute Gasteiger partial charge is 0.337 e. The van der Waals surface area contributed by atoms with Gasteiger partial charge in [-0.05, 0) is 30.9 Å². The predicted molar refractivity (Wildman–Crippen MR) is 93.3 cm³/mol. The molecule has 2 fully saturated rings. The van der Waals surface area contributed by atoms with Crippen LogP contribution in [0.2, 0.25) is 0 Å². The van der Waals surface area contributed by atoms with Gasteiger partial charge in [0.25, 0.3) is 5.91 Å². The van der Waals surface area contributed by atoms with E-state index in [1.54, 1.807) is 11.0 Å². The number of fused-ring (bicyclic) bond motifs is 2. The number of carbonyl (C=O) groups excluding carboxylic acids is 1. The van der Waals surface area contributed by atoms with Crippen molar-refractivity contribution in [2.75, 3.05) is 13.1 Å². The molecule has 4 rings (SSSR count). The summed E-state index contributed by atoms with van der Waals surface area (Å²) >= 11 is 0. The molecule has 2 aromatic rings. The van der Waals surface area contributed by atoms with Crippen molar-refractivity contribution in [2.24, 2.45) is 0 Å². The maximum Gasteiger partial charge on any atom is 0.254 e. The van der Waals surface area contributed by atoms with E-state index in [1.807, 2.05) is 29.2 Å². The maximum atomic E-state index is 13.0. The first-order valence-electron chi connectivity index (χ1n) is 8.25. The lowest BCUT2D eigenvalue weighted by atomic mass is 10.0. The van der Waals surface area contributed by atoms with Gasteiger partial charge in [-0.25, -0.2) is 9.67 Å². The first-order valence-corrected chi connectivity index (χ1v) is 8.25. The fourth-order valence-electron chi connectivity index (χ4n) is 3.65. The molecule has 2 bridgehead atoms. The van der Waals surface area contributed by atoms with Gasteiger partial charge >= 0.3 is 0 Å². The Hall–Kier alpha value is -1.92. The average Bonchev–Trinajstić information content (AvgIpc) is 3.17. The van der Waals surface area contributed by atoms with Crippen LogP contribution in [0.1, 0.15) is 35.2 Å². The number of rotatable bonds is 3. The average molecular weight is 348 g/mol. The Morgan fingerprint density at radius 3 is 2.88 bits per heavy atom. The molecular formula is C17H22ClN5O. The topological polar surface area (TPSA) is 63.1 Å². The Balaban J connectivity index is 0.00000169. The van der Waals surface area contributed by atoms with Gasteiger partial charge in [0.15, 0.2) is 0 Å². The van der Waals surface area contributed by atoms with E-state index in [0.717, 1.165) is 30.6 Å². The molecule has 0 aliphatic carbocycles. The van der Waals surface area contributed by atoms with Crippen molar-refractivity contribution in [2.45, 2.75) is 37.9 Å². The number of hydrogen-bond donors (Lipinski definition) is 1. The standard InChI is InChI=1S/C17H21N5O.ClH/c23-17(21-8-7-14-5-6-15(10-21)20-14)16-4-2-1-3-13(16)9-22-12-18-11-19-22;/h1-4,11-12,14-15,20H,5-10H2;1H. The number of hydrogen-bond acceptors (Lipinski definition) is 4. The number of nitrogens with one attached hydrogen (secondary N) is 1. The summed E-state index contributed by atoms with van der Waals surface area (Å²) in [6.07, 6.45) is 6.66. The Bertz CT molecular complexity index is 690. The summed E-state index contributed by atoms with van der Waals surface area (Å²) in [5, 5.41) is 7.77. The second-order valence-electron chi connectivity index (χ2n) is 6.43. The highest BCUT2D eigenvalue weighted by molar-refractivity contribution is 5.95. The molecule has 1 aromatic heterocycles. The second-order valence-corrected chi connectivity index (χ2v) is 6.43. The summed E-state index contributed by atoms with van der Waals surface area (Å²) in [7, 11) is 0. The summed E-state index contributed by atoms with van der Waals surface area (Å²) in [4.78, 5) is 19.0. The van der Waals surface area contributed by atoms with Crippen molar-refractivity contribution in [1.82, 2.24) is 25.0 Å². The molecule has 128 valence electrons. The molecule has 3 heterocycles. The summed E-state index contributed by atoms with van der Waals surface area (Å²) in [5.74, 6) is 0.134. The third kappa shape index (κ3) is 3.44. The molecule has 2 aliphatic heterocycles. The van der Waals surface area contributed by atoms with E-state index in [1.165, 1.54) is 19.2 Å². The molecule has 6 nitrogen and oxygen atoms in total. The van der Waals surface area contributed by atoms with E-state index in [2.05, 4.69) is 15.4 Å². The summed E-state index contributed by atoms with van der Waals surface area (Å²) < 4.78 is 1.75. The quantitative estimate of drug-likeness (QED) is 0.918. The number of nitrogens with zero attached hydrogens (tertiary/aromatic N) is 4. The summed E-state index contributed by atoms with van der Waals surface area (Å²) in [5.41, 5.74) is 1.77. The molecule has 0 radical (unpaired) electrons. The van der Waals surface area contributed by atoms with Crippen LogP contribution in [0.3, 0.4) is 0 Å².